The van der Waals surface area contributed by atoms with Gasteiger partial charge in [0, 0.05) is 40.2 Å². The molecule has 0 atom stereocenters. The molecule has 0 bridgehead atoms. The molecule has 0 radical (unpaired) electrons. The number of benzene rings is 8. The molecule has 5 heteroatoms. The van der Waals surface area contributed by atoms with Crippen LogP contribution in [0.15, 0.2) is 200 Å². The van der Waals surface area contributed by atoms with E-state index in [1.54, 1.807) is 0 Å². The second kappa shape index (κ2) is 15.2. The Labute approximate surface area is 378 Å². The Morgan fingerprint density at radius 1 is 0.354 bits per heavy atom. The van der Waals surface area contributed by atoms with Crippen LogP contribution in [0.2, 0.25) is 0 Å². The summed E-state index contributed by atoms with van der Waals surface area (Å²) in [6.45, 7) is 6.22. The molecular weight excluding hydrogens is 793 g/mol. The predicted octanol–water partition coefficient (Wildman–Crippen LogP) is 14.7. The van der Waals surface area contributed by atoms with Gasteiger partial charge in [0.25, 0.3) is 0 Å². The number of pyridine rings is 1. The summed E-state index contributed by atoms with van der Waals surface area (Å²) < 4.78 is 7.05. The number of aromatic nitrogens is 4. The van der Waals surface area contributed by atoms with E-state index in [0.717, 1.165) is 72.7 Å². The Morgan fingerprint density at radius 2 is 0.892 bits per heavy atom. The highest BCUT2D eigenvalue weighted by Gasteiger charge is 2.51. The van der Waals surface area contributed by atoms with Gasteiger partial charge in [-0.1, -0.05) is 152 Å². The van der Waals surface area contributed by atoms with E-state index < -0.39 is 5.41 Å². The van der Waals surface area contributed by atoms with Crippen molar-refractivity contribution in [2.75, 3.05) is 0 Å². The molecule has 0 fully saturated rings. The Hall–Kier alpha value is -8.28. The average molecular weight is 835 g/mol. The quantitative estimate of drug-likeness (QED) is 0.167. The third-order valence-corrected chi connectivity index (χ3v) is 13.4. The first-order chi connectivity index (χ1) is 31.9. The minimum absolute atomic E-state index is 0.620. The monoisotopic (exact) mass is 834 g/mol. The molecule has 308 valence electrons. The van der Waals surface area contributed by atoms with E-state index in [4.69, 9.17) is 19.7 Å². The Morgan fingerprint density at radius 3 is 1.60 bits per heavy atom. The number of hydrogen-bond donors (Lipinski definition) is 0. The summed E-state index contributed by atoms with van der Waals surface area (Å²) in [5, 5.41) is 0. The van der Waals surface area contributed by atoms with Gasteiger partial charge >= 0.3 is 0 Å². The molecule has 3 heterocycles. The van der Waals surface area contributed by atoms with Gasteiger partial charge in [-0.15, -0.1) is 0 Å². The SMILES string of the molecule is Cc1nc(-c2ccc(-c3ccccc3)cc2)nc(-c2ccc3c(c2)C2(c4ccc(-c5cccc(-c6cccc(-c7cncc(C)c7C)c6)c5)cc4O3)c3ccccc3-c3ccccc32)n1. The summed E-state index contributed by atoms with van der Waals surface area (Å²) in [5.74, 6) is 3.56. The van der Waals surface area contributed by atoms with Crippen LogP contribution in [-0.4, -0.2) is 19.9 Å². The van der Waals surface area contributed by atoms with Crippen LogP contribution >= 0.6 is 0 Å². The van der Waals surface area contributed by atoms with E-state index >= 15 is 0 Å². The lowest BCUT2D eigenvalue weighted by atomic mass is 9.65. The van der Waals surface area contributed by atoms with Crippen molar-refractivity contribution in [1.29, 1.82) is 0 Å². The molecule has 0 N–H and O–H groups in total. The zero-order valence-corrected chi connectivity index (χ0v) is 36.2. The fraction of sp³-hybridized carbons (Fsp3) is 0.0667. The van der Waals surface area contributed by atoms with Crippen LogP contribution in [0, 0.1) is 20.8 Å². The normalized spacial score (nSPS) is 12.8. The topological polar surface area (TPSA) is 60.8 Å². The second-order valence-electron chi connectivity index (χ2n) is 17.1. The minimum atomic E-state index is -0.659. The van der Waals surface area contributed by atoms with Gasteiger partial charge in [-0.25, -0.2) is 15.0 Å². The molecule has 1 aliphatic heterocycles. The molecule has 2 aliphatic rings. The fourth-order valence-corrected chi connectivity index (χ4v) is 10.1. The number of nitrogens with zero attached hydrogens (tertiary/aromatic N) is 4. The molecule has 65 heavy (non-hydrogen) atoms. The molecule has 1 aliphatic carbocycles. The molecule has 0 unspecified atom stereocenters. The summed E-state index contributed by atoms with van der Waals surface area (Å²) in [5.41, 5.74) is 19.8. The predicted molar refractivity (Wildman–Crippen MR) is 262 cm³/mol. The molecule has 2 aromatic heterocycles. The van der Waals surface area contributed by atoms with Gasteiger partial charge in [0.2, 0.25) is 0 Å². The maximum atomic E-state index is 7.05. The molecule has 0 amide bonds. The number of ether oxygens (including phenoxy) is 1. The summed E-state index contributed by atoms with van der Waals surface area (Å²) in [6, 6.07) is 67.2. The van der Waals surface area contributed by atoms with E-state index in [0.29, 0.717) is 17.5 Å². The molecule has 10 aromatic rings. The lowest BCUT2D eigenvalue weighted by Gasteiger charge is -2.39. The van der Waals surface area contributed by atoms with Crippen molar-refractivity contribution in [3.63, 3.8) is 0 Å². The number of fused-ring (bicyclic) bond motifs is 9. The van der Waals surface area contributed by atoms with Crippen LogP contribution in [0.1, 0.15) is 39.2 Å². The minimum Gasteiger partial charge on any atom is -0.457 e. The fourth-order valence-electron chi connectivity index (χ4n) is 10.1. The molecule has 0 saturated heterocycles. The van der Waals surface area contributed by atoms with Crippen LogP contribution in [0.5, 0.6) is 11.5 Å². The molecule has 8 aromatic carbocycles. The van der Waals surface area contributed by atoms with Crippen molar-refractivity contribution in [2.24, 2.45) is 0 Å². The summed E-state index contributed by atoms with van der Waals surface area (Å²) in [4.78, 5) is 19.3. The summed E-state index contributed by atoms with van der Waals surface area (Å²) in [6.07, 6.45) is 3.89. The third kappa shape index (κ3) is 6.30. The molecule has 1 spiro atoms. The van der Waals surface area contributed by atoms with E-state index in [2.05, 4.69) is 201 Å². The first kappa shape index (κ1) is 38.4. The van der Waals surface area contributed by atoms with Crippen LogP contribution < -0.4 is 4.74 Å². The third-order valence-electron chi connectivity index (χ3n) is 13.4. The lowest BCUT2D eigenvalue weighted by Crippen LogP contribution is -2.32. The van der Waals surface area contributed by atoms with Crippen molar-refractivity contribution in [3.05, 3.63) is 240 Å². The van der Waals surface area contributed by atoms with E-state index in [1.807, 2.05) is 25.4 Å². The zero-order chi connectivity index (χ0) is 43.6. The molecular formula is C60H42N4O. The van der Waals surface area contributed by atoms with Crippen LogP contribution in [-0.2, 0) is 5.41 Å². The van der Waals surface area contributed by atoms with Gasteiger partial charge in [0.1, 0.15) is 17.3 Å². The Balaban J connectivity index is 0.969. The molecule has 5 nitrogen and oxygen atoms in total. The number of rotatable bonds is 6. The van der Waals surface area contributed by atoms with Crippen molar-refractivity contribution in [1.82, 2.24) is 19.9 Å². The maximum Gasteiger partial charge on any atom is 0.163 e. The van der Waals surface area contributed by atoms with E-state index in [9.17, 15) is 0 Å². The smallest absolute Gasteiger partial charge is 0.163 e. The van der Waals surface area contributed by atoms with E-state index in [1.165, 1.54) is 38.9 Å². The standard InChI is InChI=1S/C60H42N4O/c1-37-35-61-36-51(38(37)2)47-18-12-17-45(32-47)43-15-11-16-44(31-43)46-27-29-54-57(34-46)65-56-30-28-48(33-55(56)60(54)52-21-9-7-19-49(52)50-20-8-10-22-53(50)60)59-63-39(3)62-58(64-59)42-25-23-41(24-26-42)40-13-5-4-6-14-40/h4-36H,1-3H3. The van der Waals surface area contributed by atoms with Crippen molar-refractivity contribution in [3.8, 4) is 89.9 Å². The van der Waals surface area contributed by atoms with Gasteiger partial charge in [-0.05, 0) is 129 Å². The second-order valence-corrected chi connectivity index (χ2v) is 17.1. The van der Waals surface area contributed by atoms with Crippen molar-refractivity contribution < 1.29 is 4.74 Å². The number of aryl methyl sites for hydroxylation is 2. The Bertz CT molecular complexity index is 3460. The van der Waals surface area contributed by atoms with Crippen molar-refractivity contribution >= 4 is 0 Å². The highest BCUT2D eigenvalue weighted by Crippen LogP contribution is 2.62. The highest BCUT2D eigenvalue weighted by atomic mass is 16.5. The first-order valence-corrected chi connectivity index (χ1v) is 22.1. The first-order valence-electron chi connectivity index (χ1n) is 22.1. The van der Waals surface area contributed by atoms with Crippen LogP contribution in [0.25, 0.3) is 78.4 Å². The van der Waals surface area contributed by atoms with Crippen LogP contribution in [0.3, 0.4) is 0 Å². The summed E-state index contributed by atoms with van der Waals surface area (Å²) >= 11 is 0. The van der Waals surface area contributed by atoms with Gasteiger partial charge < -0.3 is 4.74 Å². The highest BCUT2D eigenvalue weighted by molar-refractivity contribution is 5.90. The molecule has 12 rings (SSSR count). The molecule has 0 saturated carbocycles. The number of hydrogen-bond acceptors (Lipinski definition) is 5. The lowest BCUT2D eigenvalue weighted by molar-refractivity contribution is 0.436. The largest absolute Gasteiger partial charge is 0.457 e. The van der Waals surface area contributed by atoms with Gasteiger partial charge in [-0.3, -0.25) is 4.98 Å². The van der Waals surface area contributed by atoms with Crippen LogP contribution in [0.4, 0.5) is 0 Å². The van der Waals surface area contributed by atoms with Gasteiger partial charge in [-0.2, -0.15) is 0 Å². The van der Waals surface area contributed by atoms with Crippen molar-refractivity contribution in [2.45, 2.75) is 26.2 Å². The average Bonchev–Trinajstić information content (AvgIpc) is 3.65. The zero-order valence-electron chi connectivity index (χ0n) is 36.2. The Kier molecular flexibility index (Phi) is 8.99. The van der Waals surface area contributed by atoms with Gasteiger partial charge in [0.15, 0.2) is 11.6 Å². The van der Waals surface area contributed by atoms with Gasteiger partial charge in [0.05, 0.1) is 5.41 Å². The summed E-state index contributed by atoms with van der Waals surface area (Å²) in [7, 11) is 0. The van der Waals surface area contributed by atoms with E-state index in [-0.39, 0.29) is 0 Å². The maximum absolute atomic E-state index is 7.05.